The molecule has 0 saturated heterocycles. The SMILES string of the molecule is CC(C)(C)[NH-].CO.Cl.Cl.[CH2-]CO.[CH3-].[Si]=[Ti].c1ccc2c(c1)[cH-]c1ccccc12. The first kappa shape index (κ1) is 38.3. The summed E-state index contributed by atoms with van der Waals surface area (Å²) in [6.45, 7) is 8.60. The fourth-order valence-electron chi connectivity index (χ4n) is 1.90. The normalized spacial score (nSPS) is 8.25. The van der Waals surface area contributed by atoms with Crippen LogP contribution >= 0.6 is 24.8 Å². The fraction of sp³-hybridized carbons (Fsp3) is 0.286. The Bertz CT molecular complexity index is 647. The predicted octanol–water partition coefficient (Wildman–Crippen LogP) is 5.88. The molecule has 0 bridgehead atoms. The predicted molar refractivity (Wildman–Crippen MR) is 128 cm³/mol. The van der Waals surface area contributed by atoms with E-state index in [-0.39, 0.29) is 44.4 Å². The second-order valence-corrected chi connectivity index (χ2v) is 5.79. The number of aliphatic hydroxyl groups is 2. The summed E-state index contributed by atoms with van der Waals surface area (Å²) in [5, 5.41) is 19.9. The van der Waals surface area contributed by atoms with Crippen molar-refractivity contribution in [1.82, 2.24) is 0 Å². The molecule has 0 saturated carbocycles. The third kappa shape index (κ3) is 17.8. The molecule has 0 spiro atoms. The monoisotopic (exact) mass is 477 g/mol. The third-order valence-corrected chi connectivity index (χ3v) is 2.52. The van der Waals surface area contributed by atoms with Crippen molar-refractivity contribution in [1.29, 1.82) is 0 Å². The number of fused-ring (bicyclic) bond motifs is 3. The zero-order chi connectivity index (χ0) is 19.9. The van der Waals surface area contributed by atoms with Crippen molar-refractivity contribution in [2.24, 2.45) is 0 Å². The number of nitrogens with one attached hydrogen (secondary N) is 1. The van der Waals surface area contributed by atoms with Crippen LogP contribution in [0.3, 0.4) is 0 Å². The molecular formula is C21H33Cl2NO2SiTi-4. The smallest absolute Gasteiger partial charge is 0.0771 e. The minimum atomic E-state index is -0.250. The Hall–Kier alpha value is -0.299. The summed E-state index contributed by atoms with van der Waals surface area (Å²) in [5.74, 6) is 0. The Morgan fingerprint density at radius 3 is 1.39 bits per heavy atom. The van der Waals surface area contributed by atoms with Gasteiger partial charge in [-0.05, 0) is 0 Å². The number of rotatable bonds is 0. The fourth-order valence-corrected chi connectivity index (χ4v) is 1.90. The summed E-state index contributed by atoms with van der Waals surface area (Å²) in [6, 6.07) is 19.3. The van der Waals surface area contributed by atoms with E-state index in [0.717, 1.165) is 7.11 Å². The van der Waals surface area contributed by atoms with Crippen LogP contribution in [0.5, 0.6) is 0 Å². The van der Waals surface area contributed by atoms with E-state index in [4.69, 9.17) is 15.9 Å². The van der Waals surface area contributed by atoms with Gasteiger partial charge in [-0.2, -0.15) is 0 Å². The molecule has 28 heavy (non-hydrogen) atoms. The quantitative estimate of drug-likeness (QED) is 0.313. The first-order valence-electron chi connectivity index (χ1n) is 7.75. The minimum Gasteiger partial charge on any atom is -0.126 e. The standard InChI is InChI=1S/C13H9.C4H10N.C2H5O.CH4O.CH3.2ClH.Si.Ti/c1-3-7-12-10(5-1)9-11-6-2-4-8-13(11)12;1-4(2,3)5;1-2-3;1-2;;;;;/h1-9H;5H,1-3H3;3H,1-2H2;2H,1H3;1H3;2*1H;;/q3*-1;;-1;;;;. The molecule has 3 N–H and O–H groups in total. The zero-order valence-electron chi connectivity index (χ0n) is 17.3. The van der Waals surface area contributed by atoms with Crippen molar-refractivity contribution in [2.75, 3.05) is 13.7 Å². The maximum absolute atomic E-state index is 7.46. The summed E-state index contributed by atoms with van der Waals surface area (Å²) >= 11 is 1.81. The van der Waals surface area contributed by atoms with Crippen LogP contribution in [0.2, 0.25) is 0 Å². The second-order valence-electron chi connectivity index (χ2n) is 5.79. The number of aliphatic hydroxyl groups excluding tert-OH is 2. The largest absolute Gasteiger partial charge is 0.126 e. The number of hydrogen-bond acceptors (Lipinski definition) is 2. The Balaban J connectivity index is -0.000000102. The first-order chi connectivity index (χ1) is 11.9. The summed E-state index contributed by atoms with van der Waals surface area (Å²) in [5.41, 5.74) is 6.69. The number of benzene rings is 2. The maximum atomic E-state index is 7.46. The van der Waals surface area contributed by atoms with Crippen LogP contribution in [0, 0.1) is 14.4 Å². The Kier molecular flexibility index (Phi) is 31.5. The molecule has 0 aliphatic carbocycles. The van der Waals surface area contributed by atoms with Crippen molar-refractivity contribution >= 4 is 54.0 Å². The second kappa shape index (κ2) is 23.0. The van der Waals surface area contributed by atoms with E-state index in [2.05, 4.69) is 69.2 Å². The van der Waals surface area contributed by atoms with E-state index in [1.165, 1.54) is 21.5 Å². The van der Waals surface area contributed by atoms with Crippen molar-refractivity contribution in [2.45, 2.75) is 26.3 Å². The van der Waals surface area contributed by atoms with Gasteiger partial charge in [-0.1, -0.05) is 63.8 Å². The van der Waals surface area contributed by atoms with Crippen LogP contribution in [-0.2, 0) is 19.2 Å². The van der Waals surface area contributed by atoms with Crippen LogP contribution in [-0.4, -0.2) is 37.1 Å². The summed E-state index contributed by atoms with van der Waals surface area (Å²) < 4.78 is 0. The molecule has 160 valence electrons. The van der Waals surface area contributed by atoms with E-state index >= 15 is 0 Å². The summed E-state index contributed by atoms with van der Waals surface area (Å²) in [6.07, 6.45) is 0. The van der Waals surface area contributed by atoms with E-state index in [9.17, 15) is 0 Å². The molecular weight excluding hydrogens is 445 g/mol. The van der Waals surface area contributed by atoms with Crippen LogP contribution in [0.25, 0.3) is 27.3 Å². The van der Waals surface area contributed by atoms with Gasteiger partial charge < -0.3 is 30.3 Å². The van der Waals surface area contributed by atoms with Gasteiger partial charge >= 0.3 is 26.8 Å². The molecule has 0 fully saturated rings. The van der Waals surface area contributed by atoms with Crippen molar-refractivity contribution < 1.29 is 29.4 Å². The average Bonchev–Trinajstić information content (AvgIpc) is 2.96. The molecule has 3 aromatic rings. The Labute approximate surface area is 197 Å². The molecule has 3 rings (SSSR count). The van der Waals surface area contributed by atoms with Gasteiger partial charge in [0.2, 0.25) is 0 Å². The topological polar surface area (TPSA) is 64.3 Å². The van der Waals surface area contributed by atoms with Gasteiger partial charge in [0.25, 0.3) is 0 Å². The molecule has 0 atom stereocenters. The molecule has 0 aliphatic heterocycles. The molecule has 0 heterocycles. The Morgan fingerprint density at radius 2 is 1.14 bits per heavy atom. The van der Waals surface area contributed by atoms with Crippen LogP contribution < -0.4 is 0 Å². The first-order valence-corrected chi connectivity index (χ1v) is 10.6. The zero-order valence-corrected chi connectivity index (χ0v) is 21.5. The molecule has 2 radical (unpaired) electrons. The van der Waals surface area contributed by atoms with E-state index in [0.29, 0.717) is 0 Å². The van der Waals surface area contributed by atoms with Crippen LogP contribution in [0.1, 0.15) is 20.8 Å². The third-order valence-electron chi connectivity index (χ3n) is 2.52. The maximum Gasteiger partial charge on any atom is -0.0771 e. The summed E-state index contributed by atoms with van der Waals surface area (Å²) in [7, 11) is 3.97. The van der Waals surface area contributed by atoms with Gasteiger partial charge in [0.1, 0.15) is 0 Å². The molecule has 0 amide bonds. The Morgan fingerprint density at radius 1 is 0.929 bits per heavy atom. The van der Waals surface area contributed by atoms with Crippen molar-refractivity contribution in [3.8, 4) is 0 Å². The minimum absolute atomic E-state index is 0. The molecule has 3 nitrogen and oxygen atoms in total. The van der Waals surface area contributed by atoms with Gasteiger partial charge in [0, 0.05) is 7.11 Å². The molecule has 7 heteroatoms. The molecule has 0 aliphatic rings. The van der Waals surface area contributed by atoms with Crippen LogP contribution in [0.4, 0.5) is 0 Å². The van der Waals surface area contributed by atoms with Crippen LogP contribution in [0.15, 0.2) is 54.6 Å². The van der Waals surface area contributed by atoms with E-state index < -0.39 is 0 Å². The summed E-state index contributed by atoms with van der Waals surface area (Å²) in [4.78, 5) is 0. The van der Waals surface area contributed by atoms with Gasteiger partial charge in [-0.25, -0.2) is 0 Å². The van der Waals surface area contributed by atoms with Crippen molar-refractivity contribution in [3.05, 3.63) is 74.7 Å². The number of halogens is 2. The van der Waals surface area contributed by atoms with Gasteiger partial charge in [0.05, 0.1) is 0 Å². The average molecular weight is 478 g/mol. The molecule has 3 aromatic carbocycles. The van der Waals surface area contributed by atoms with Gasteiger partial charge in [0.15, 0.2) is 0 Å². The van der Waals surface area contributed by atoms with E-state index in [1.807, 2.05) is 20.8 Å². The van der Waals surface area contributed by atoms with Crippen molar-refractivity contribution in [3.63, 3.8) is 0 Å². The van der Waals surface area contributed by atoms with E-state index in [1.54, 1.807) is 19.2 Å². The van der Waals surface area contributed by atoms with Gasteiger partial charge in [-0.3, -0.25) is 0 Å². The molecule has 0 unspecified atom stereocenters. The number of hydrogen-bond donors (Lipinski definition) is 2. The van der Waals surface area contributed by atoms with Gasteiger partial charge in [-0.15, -0.1) is 70.1 Å². The molecule has 0 aromatic heterocycles.